The van der Waals surface area contributed by atoms with Crippen LogP contribution in [-0.2, 0) is 19.2 Å². The highest BCUT2D eigenvalue weighted by molar-refractivity contribution is 5.76. The average Bonchev–Trinajstić information content (AvgIpc) is 2.55. The minimum atomic E-state index is -0.835. The molecule has 0 aromatic rings. The van der Waals surface area contributed by atoms with Gasteiger partial charge in [-0.3, -0.25) is 35.5 Å². The van der Waals surface area contributed by atoms with E-state index in [0.717, 1.165) is 0 Å². The number of rotatable bonds is 10. The Bertz CT molecular complexity index is 359. The van der Waals surface area contributed by atoms with Crippen LogP contribution in [0, 0.1) is 0 Å². The second-order valence-corrected chi connectivity index (χ2v) is 4.51. The summed E-state index contributed by atoms with van der Waals surface area (Å²) in [5.74, 6) is 13.0. The van der Waals surface area contributed by atoms with Crippen molar-refractivity contribution in [1.82, 2.24) is 16.3 Å². The van der Waals surface area contributed by atoms with Crippen LogP contribution < -0.4 is 33.8 Å². The minimum Gasteiger partial charge on any atom is -0.481 e. The van der Waals surface area contributed by atoms with Crippen LogP contribution in [0.2, 0.25) is 0 Å². The number of hydrazine groups is 3. The number of carboxylic acids is 1. The van der Waals surface area contributed by atoms with E-state index in [4.69, 9.17) is 22.6 Å². The van der Waals surface area contributed by atoms with Crippen LogP contribution >= 0.6 is 0 Å². The van der Waals surface area contributed by atoms with Gasteiger partial charge in [0.1, 0.15) is 0 Å². The zero-order valence-electron chi connectivity index (χ0n) is 13.0. The molecule has 11 nitrogen and oxygen atoms in total. The van der Waals surface area contributed by atoms with E-state index in [1.807, 2.05) is 16.3 Å². The molecule has 0 bridgehead atoms. The molecule has 11 heteroatoms. The van der Waals surface area contributed by atoms with E-state index < -0.39 is 5.97 Å². The van der Waals surface area contributed by atoms with Gasteiger partial charge in [-0.15, -0.1) is 0 Å². The van der Waals surface area contributed by atoms with Crippen molar-refractivity contribution >= 4 is 23.7 Å². The maximum absolute atomic E-state index is 10.6. The number of amides is 3. The lowest BCUT2D eigenvalue weighted by Crippen LogP contribution is -2.30. The first-order valence-electron chi connectivity index (χ1n) is 7.07. The predicted molar refractivity (Wildman–Crippen MR) is 81.6 cm³/mol. The Morgan fingerprint density at radius 2 is 0.870 bits per heavy atom. The van der Waals surface area contributed by atoms with E-state index in [1.165, 1.54) is 0 Å². The van der Waals surface area contributed by atoms with Crippen molar-refractivity contribution in [1.29, 1.82) is 0 Å². The zero-order chi connectivity index (χ0) is 18.1. The second-order valence-electron chi connectivity index (χ2n) is 4.51. The number of nitrogens with two attached hydrogens (primary N) is 3. The number of hydrogen-bond acceptors (Lipinski definition) is 7. The van der Waals surface area contributed by atoms with Crippen LogP contribution in [0.3, 0.4) is 0 Å². The van der Waals surface area contributed by atoms with Gasteiger partial charge in [-0.05, 0) is 25.7 Å². The highest BCUT2D eigenvalue weighted by Crippen LogP contribution is 1.99. The van der Waals surface area contributed by atoms with Crippen LogP contribution in [0.25, 0.3) is 0 Å². The molecule has 0 fully saturated rings. The number of unbranched alkanes of at least 4 members (excludes halogenated alkanes) is 2. The molecule has 0 saturated heterocycles. The average molecular weight is 334 g/mol. The lowest BCUT2D eigenvalue weighted by molar-refractivity contribution is -0.137. The Balaban J connectivity index is 0. The summed E-state index contributed by atoms with van der Waals surface area (Å²) in [6, 6.07) is 0. The summed E-state index contributed by atoms with van der Waals surface area (Å²) in [7, 11) is 0. The van der Waals surface area contributed by atoms with Crippen molar-refractivity contribution in [3.8, 4) is 0 Å². The molecule has 10 N–H and O–H groups in total. The number of hydrogen-bond donors (Lipinski definition) is 7. The third kappa shape index (κ3) is 19.8. The maximum Gasteiger partial charge on any atom is 0.303 e. The van der Waals surface area contributed by atoms with Gasteiger partial charge in [0.15, 0.2) is 0 Å². The first kappa shape index (κ1) is 23.0. The molecule has 0 aliphatic rings. The van der Waals surface area contributed by atoms with E-state index in [9.17, 15) is 19.2 Å². The van der Waals surface area contributed by atoms with E-state index in [2.05, 4.69) is 0 Å². The Hall–Kier alpha value is -2.24. The summed E-state index contributed by atoms with van der Waals surface area (Å²) in [4.78, 5) is 41.6. The van der Waals surface area contributed by atoms with Crippen molar-refractivity contribution in [3.63, 3.8) is 0 Å². The Morgan fingerprint density at radius 3 is 1.09 bits per heavy atom. The molecule has 0 aliphatic heterocycles. The zero-order valence-corrected chi connectivity index (χ0v) is 13.0. The smallest absolute Gasteiger partial charge is 0.303 e. The molecule has 0 atom stereocenters. The van der Waals surface area contributed by atoms with Gasteiger partial charge < -0.3 is 5.11 Å². The molecule has 134 valence electrons. The van der Waals surface area contributed by atoms with Crippen molar-refractivity contribution in [2.75, 3.05) is 0 Å². The van der Waals surface area contributed by atoms with E-state index in [1.54, 1.807) is 0 Å². The van der Waals surface area contributed by atoms with Crippen LogP contribution in [0.15, 0.2) is 0 Å². The molecule has 0 spiro atoms. The third-order valence-corrected chi connectivity index (χ3v) is 2.59. The topological polar surface area (TPSA) is 203 Å². The summed E-state index contributed by atoms with van der Waals surface area (Å²) >= 11 is 0. The van der Waals surface area contributed by atoms with E-state index in [-0.39, 0.29) is 24.1 Å². The molecular formula is C12H26N6O5. The van der Waals surface area contributed by atoms with Crippen LogP contribution in [-0.4, -0.2) is 28.8 Å². The van der Waals surface area contributed by atoms with E-state index >= 15 is 0 Å². The molecule has 0 radical (unpaired) electrons. The lowest BCUT2D eigenvalue weighted by atomic mass is 10.2. The van der Waals surface area contributed by atoms with Gasteiger partial charge in [0.2, 0.25) is 17.7 Å². The molecule has 0 rings (SSSR count). The van der Waals surface area contributed by atoms with E-state index in [0.29, 0.717) is 44.9 Å². The number of aliphatic carboxylic acids is 1. The molecular weight excluding hydrogens is 308 g/mol. The van der Waals surface area contributed by atoms with Gasteiger partial charge in [-0.25, -0.2) is 17.5 Å². The van der Waals surface area contributed by atoms with Crippen LogP contribution in [0.1, 0.15) is 51.4 Å². The largest absolute Gasteiger partial charge is 0.481 e. The highest BCUT2D eigenvalue weighted by Gasteiger charge is 2.01. The predicted octanol–water partition coefficient (Wildman–Crippen LogP) is -1.85. The van der Waals surface area contributed by atoms with Crippen LogP contribution in [0.4, 0.5) is 0 Å². The number of carbonyl (C=O) groups excluding carboxylic acids is 3. The maximum atomic E-state index is 10.6. The SMILES string of the molecule is NNC(=O)CCCCC(=O)NN.NNC(=O)CCCCC(=O)O. The molecule has 0 aromatic heterocycles. The molecule has 0 saturated carbocycles. The fraction of sp³-hybridized carbons (Fsp3) is 0.667. The van der Waals surface area contributed by atoms with Gasteiger partial charge in [-0.2, -0.15) is 0 Å². The lowest BCUT2D eigenvalue weighted by Gasteiger charge is -1.99. The normalized spacial score (nSPS) is 9.17. The van der Waals surface area contributed by atoms with Crippen molar-refractivity contribution in [3.05, 3.63) is 0 Å². The molecule has 3 amide bonds. The first-order valence-corrected chi connectivity index (χ1v) is 7.07. The van der Waals surface area contributed by atoms with Crippen molar-refractivity contribution in [2.45, 2.75) is 51.4 Å². The molecule has 0 unspecified atom stereocenters. The molecule has 23 heavy (non-hydrogen) atoms. The summed E-state index contributed by atoms with van der Waals surface area (Å²) in [6.07, 6.45) is 3.44. The summed E-state index contributed by atoms with van der Waals surface area (Å²) in [5, 5.41) is 8.21. The fourth-order valence-corrected chi connectivity index (χ4v) is 1.35. The fourth-order valence-electron chi connectivity index (χ4n) is 1.35. The van der Waals surface area contributed by atoms with Crippen LogP contribution in [0.5, 0.6) is 0 Å². The molecule has 0 aliphatic carbocycles. The second kappa shape index (κ2) is 16.1. The van der Waals surface area contributed by atoms with Gasteiger partial charge in [0.05, 0.1) is 0 Å². The highest BCUT2D eigenvalue weighted by atomic mass is 16.4. The van der Waals surface area contributed by atoms with Crippen molar-refractivity contribution < 1.29 is 24.3 Å². The first-order chi connectivity index (χ1) is 10.9. The van der Waals surface area contributed by atoms with Gasteiger partial charge in [0, 0.05) is 25.7 Å². The Labute approximate surface area is 134 Å². The number of nitrogens with one attached hydrogen (secondary N) is 3. The number of carboxylic acid groups (broad SMARTS) is 1. The summed E-state index contributed by atoms with van der Waals surface area (Å²) in [6.45, 7) is 0. The summed E-state index contributed by atoms with van der Waals surface area (Å²) in [5.41, 5.74) is 5.97. The molecule has 0 aromatic carbocycles. The third-order valence-electron chi connectivity index (χ3n) is 2.59. The van der Waals surface area contributed by atoms with Gasteiger partial charge in [-0.1, -0.05) is 0 Å². The standard InChI is InChI=1S/C6H14N4O2.C6H12N2O3/c7-9-5(11)3-1-2-4-6(12)10-8;7-8-5(9)3-1-2-4-6(10)11/h1-4,7-8H2,(H,9,11)(H,10,12);1-4,7H2,(H,8,9)(H,10,11). The summed E-state index contributed by atoms with van der Waals surface area (Å²) < 4.78 is 0. The Kier molecular flexibility index (Phi) is 16.2. The minimum absolute atomic E-state index is 0.109. The molecule has 0 heterocycles. The van der Waals surface area contributed by atoms with Crippen molar-refractivity contribution in [2.24, 2.45) is 17.5 Å². The number of carbonyl (C=O) groups is 4. The quantitative estimate of drug-likeness (QED) is 0.104. The monoisotopic (exact) mass is 334 g/mol. The van der Waals surface area contributed by atoms with Gasteiger partial charge in [0.25, 0.3) is 0 Å². The van der Waals surface area contributed by atoms with Gasteiger partial charge >= 0.3 is 5.97 Å². The Morgan fingerprint density at radius 1 is 0.609 bits per heavy atom.